The zero-order valence-electron chi connectivity index (χ0n) is 10.1. The van der Waals surface area contributed by atoms with Crippen molar-refractivity contribution in [3.63, 3.8) is 0 Å². The highest BCUT2D eigenvalue weighted by atomic mass is 28.2. The van der Waals surface area contributed by atoms with E-state index in [1.165, 1.54) is 0 Å². The Labute approximate surface area is 94.5 Å². The van der Waals surface area contributed by atoms with Crippen LogP contribution in [0.4, 0.5) is 0 Å². The summed E-state index contributed by atoms with van der Waals surface area (Å²) >= 11 is 0. The molecule has 0 amide bonds. The summed E-state index contributed by atoms with van der Waals surface area (Å²) in [5.41, 5.74) is 0. The van der Waals surface area contributed by atoms with Crippen molar-refractivity contribution in [3.8, 4) is 0 Å². The molecule has 0 spiro atoms. The van der Waals surface area contributed by atoms with Crippen molar-refractivity contribution in [2.75, 3.05) is 19.8 Å². The zero-order chi connectivity index (χ0) is 11.5. The number of ether oxygens (including phenoxy) is 3. The van der Waals surface area contributed by atoms with Crippen LogP contribution in [0.2, 0.25) is 0 Å². The third-order valence-corrected chi connectivity index (χ3v) is 2.78. The summed E-state index contributed by atoms with van der Waals surface area (Å²) in [6, 6.07) is 0. The summed E-state index contributed by atoms with van der Waals surface area (Å²) in [7, 11) is -0.913. The summed E-state index contributed by atoms with van der Waals surface area (Å²) in [5.74, 6) is 0.393. The molecule has 0 N–H and O–H groups in total. The Balaban J connectivity index is 3.84. The fourth-order valence-corrected chi connectivity index (χ4v) is 2.23. The molecule has 5 heteroatoms. The van der Waals surface area contributed by atoms with Crippen LogP contribution in [-0.4, -0.2) is 35.5 Å². The molecule has 0 unspecified atom stereocenters. The molecule has 90 valence electrons. The first kappa shape index (κ1) is 14.5. The van der Waals surface area contributed by atoms with Gasteiger partial charge in [0, 0.05) is 13.2 Å². The SMILES string of the molecule is C/C=C(/OCC)O[SiH2]C(OCC)OCC. The van der Waals surface area contributed by atoms with Crippen molar-refractivity contribution in [3.05, 3.63) is 12.0 Å². The molecule has 0 heterocycles. The lowest BCUT2D eigenvalue weighted by molar-refractivity contribution is -0.0907. The van der Waals surface area contributed by atoms with E-state index in [1.807, 2.05) is 33.8 Å². The molecule has 0 saturated heterocycles. The van der Waals surface area contributed by atoms with E-state index < -0.39 is 9.76 Å². The Bertz CT molecular complexity index is 167. The largest absolute Gasteiger partial charge is 0.519 e. The van der Waals surface area contributed by atoms with Crippen LogP contribution in [0.1, 0.15) is 27.7 Å². The highest BCUT2D eigenvalue weighted by Crippen LogP contribution is 2.02. The van der Waals surface area contributed by atoms with Crippen molar-refractivity contribution < 1.29 is 18.6 Å². The van der Waals surface area contributed by atoms with Crippen LogP contribution in [0.15, 0.2) is 12.0 Å². The second kappa shape index (κ2) is 10.0. The van der Waals surface area contributed by atoms with Crippen LogP contribution in [-0.2, 0) is 18.6 Å². The summed E-state index contributed by atoms with van der Waals surface area (Å²) in [6.45, 7) is 9.59. The molecule has 0 bridgehead atoms. The Morgan fingerprint density at radius 3 is 2.13 bits per heavy atom. The smallest absolute Gasteiger partial charge is 0.282 e. The quantitative estimate of drug-likeness (QED) is 0.343. The summed E-state index contributed by atoms with van der Waals surface area (Å²) in [5, 5.41) is 0. The van der Waals surface area contributed by atoms with E-state index in [1.54, 1.807) is 0 Å². The molecule has 0 aliphatic heterocycles. The van der Waals surface area contributed by atoms with Crippen molar-refractivity contribution in [1.29, 1.82) is 0 Å². The van der Waals surface area contributed by atoms with Gasteiger partial charge in [0.15, 0.2) is 5.91 Å². The fourth-order valence-electron chi connectivity index (χ4n) is 1.02. The minimum absolute atomic E-state index is 0.185. The maximum atomic E-state index is 5.53. The van der Waals surface area contributed by atoms with Gasteiger partial charge < -0.3 is 18.6 Å². The van der Waals surface area contributed by atoms with Crippen molar-refractivity contribution >= 4 is 9.76 Å². The lowest BCUT2D eigenvalue weighted by Crippen LogP contribution is -2.27. The third kappa shape index (κ3) is 7.41. The van der Waals surface area contributed by atoms with Crippen LogP contribution in [0.3, 0.4) is 0 Å². The highest BCUT2D eigenvalue weighted by molar-refractivity contribution is 6.28. The number of hydrogen-bond acceptors (Lipinski definition) is 4. The Morgan fingerprint density at radius 2 is 1.73 bits per heavy atom. The first-order valence-corrected chi connectivity index (χ1v) is 6.82. The normalized spacial score (nSPS) is 12.7. The first-order chi connectivity index (χ1) is 7.28. The topological polar surface area (TPSA) is 36.9 Å². The average Bonchev–Trinajstić information content (AvgIpc) is 2.24. The Morgan fingerprint density at radius 1 is 1.13 bits per heavy atom. The number of hydrogen-bond donors (Lipinski definition) is 0. The van der Waals surface area contributed by atoms with Gasteiger partial charge in [-0.15, -0.1) is 0 Å². The van der Waals surface area contributed by atoms with Crippen LogP contribution < -0.4 is 0 Å². The molecule has 0 fully saturated rings. The molecular formula is C10H22O4Si. The minimum Gasteiger partial charge on any atom is -0.519 e. The van der Waals surface area contributed by atoms with Crippen LogP contribution in [0, 0.1) is 0 Å². The van der Waals surface area contributed by atoms with Gasteiger partial charge >= 0.3 is 0 Å². The van der Waals surface area contributed by atoms with Crippen molar-refractivity contribution in [1.82, 2.24) is 0 Å². The van der Waals surface area contributed by atoms with Crippen molar-refractivity contribution in [2.45, 2.75) is 33.6 Å². The molecular weight excluding hydrogens is 212 g/mol. The van der Waals surface area contributed by atoms with Gasteiger partial charge in [0.25, 0.3) is 15.7 Å². The summed E-state index contributed by atoms with van der Waals surface area (Å²) in [4.78, 5) is 0. The lowest BCUT2D eigenvalue weighted by atomic mass is 10.7. The minimum atomic E-state index is -0.913. The number of rotatable bonds is 9. The number of allylic oxidation sites excluding steroid dienone is 1. The van der Waals surface area contributed by atoms with Gasteiger partial charge in [-0.25, -0.2) is 0 Å². The predicted molar refractivity (Wildman–Crippen MR) is 62.1 cm³/mol. The van der Waals surface area contributed by atoms with E-state index in [9.17, 15) is 0 Å². The first-order valence-electron chi connectivity index (χ1n) is 5.43. The van der Waals surface area contributed by atoms with Gasteiger partial charge in [-0.05, 0) is 33.8 Å². The van der Waals surface area contributed by atoms with E-state index in [4.69, 9.17) is 18.6 Å². The average molecular weight is 234 g/mol. The second-order valence-corrected chi connectivity index (χ2v) is 3.98. The molecule has 0 aromatic rings. The maximum Gasteiger partial charge on any atom is 0.282 e. The third-order valence-electron chi connectivity index (χ3n) is 1.59. The molecule has 0 aromatic heterocycles. The Hall–Kier alpha value is -0.523. The van der Waals surface area contributed by atoms with E-state index in [-0.39, 0.29) is 5.91 Å². The molecule has 4 nitrogen and oxygen atoms in total. The van der Waals surface area contributed by atoms with Crippen LogP contribution in [0.25, 0.3) is 0 Å². The van der Waals surface area contributed by atoms with Crippen molar-refractivity contribution in [2.24, 2.45) is 0 Å². The summed E-state index contributed by atoms with van der Waals surface area (Å²) < 4.78 is 21.6. The van der Waals surface area contributed by atoms with Gasteiger partial charge in [-0.1, -0.05) is 0 Å². The molecule has 0 aliphatic carbocycles. The van der Waals surface area contributed by atoms with Gasteiger partial charge in [-0.2, -0.15) is 0 Å². The molecule has 0 aromatic carbocycles. The van der Waals surface area contributed by atoms with Gasteiger partial charge in [0.1, 0.15) is 0 Å². The summed E-state index contributed by atoms with van der Waals surface area (Å²) in [6.07, 6.45) is 1.81. The van der Waals surface area contributed by atoms with E-state index >= 15 is 0 Å². The van der Waals surface area contributed by atoms with Crippen LogP contribution in [0.5, 0.6) is 0 Å². The van der Waals surface area contributed by atoms with Crippen LogP contribution >= 0.6 is 0 Å². The highest BCUT2D eigenvalue weighted by Gasteiger charge is 2.11. The second-order valence-electron chi connectivity index (χ2n) is 2.69. The molecule has 0 atom stereocenters. The molecule has 0 saturated carbocycles. The van der Waals surface area contributed by atoms with Gasteiger partial charge in [-0.3, -0.25) is 0 Å². The predicted octanol–water partition coefficient (Wildman–Crippen LogP) is 1.34. The fraction of sp³-hybridized carbons (Fsp3) is 0.800. The standard InChI is InChI=1S/C10H22O4Si/c1-5-9(11-6-2)14-15-10(12-7-3)13-8-4/h5,10H,6-8,15H2,1-4H3/b9-5-. The Kier molecular flexibility index (Phi) is 9.66. The molecule has 0 rings (SSSR count). The molecule has 0 radical (unpaired) electrons. The van der Waals surface area contributed by atoms with E-state index in [0.29, 0.717) is 25.8 Å². The van der Waals surface area contributed by atoms with Gasteiger partial charge in [0.05, 0.1) is 6.61 Å². The van der Waals surface area contributed by atoms with E-state index in [0.717, 1.165) is 0 Å². The lowest BCUT2D eigenvalue weighted by Gasteiger charge is -2.18. The monoisotopic (exact) mass is 234 g/mol. The maximum absolute atomic E-state index is 5.53. The molecule has 15 heavy (non-hydrogen) atoms. The van der Waals surface area contributed by atoms with Gasteiger partial charge in [0.2, 0.25) is 0 Å². The van der Waals surface area contributed by atoms with E-state index in [2.05, 4.69) is 0 Å². The molecule has 0 aliphatic rings. The zero-order valence-corrected chi connectivity index (χ0v) is 11.5.